The summed E-state index contributed by atoms with van der Waals surface area (Å²) in [7, 11) is 0. The highest BCUT2D eigenvalue weighted by atomic mass is 15.0. The van der Waals surface area contributed by atoms with Gasteiger partial charge in [0.25, 0.3) is 0 Å². The van der Waals surface area contributed by atoms with E-state index >= 15 is 0 Å². The summed E-state index contributed by atoms with van der Waals surface area (Å²) in [6.07, 6.45) is 5.64. The zero-order valence-corrected chi connectivity index (χ0v) is 34.7. The number of benzene rings is 9. The number of nitrogens with zero attached hydrogens (tertiary/aromatic N) is 3. The molecule has 0 radical (unpaired) electrons. The highest BCUT2D eigenvalue weighted by Crippen LogP contribution is 2.50. The molecular formula is C60H41N3. The molecule has 0 fully saturated rings. The molecular weight excluding hydrogens is 763 g/mol. The molecule has 0 amide bonds. The minimum Gasteiger partial charge on any atom is -0.208 e. The Hall–Kier alpha value is -8.01. The van der Waals surface area contributed by atoms with Crippen LogP contribution in [0.4, 0.5) is 0 Å². The van der Waals surface area contributed by atoms with Gasteiger partial charge in [-0.2, -0.15) is 0 Å². The van der Waals surface area contributed by atoms with Gasteiger partial charge in [0.1, 0.15) is 0 Å². The van der Waals surface area contributed by atoms with Crippen molar-refractivity contribution in [3.63, 3.8) is 0 Å². The van der Waals surface area contributed by atoms with Crippen molar-refractivity contribution in [2.45, 2.75) is 19.3 Å². The van der Waals surface area contributed by atoms with Crippen LogP contribution in [0.3, 0.4) is 0 Å². The van der Waals surface area contributed by atoms with E-state index in [1.165, 1.54) is 71.6 Å². The van der Waals surface area contributed by atoms with Gasteiger partial charge in [0.15, 0.2) is 17.5 Å². The van der Waals surface area contributed by atoms with Gasteiger partial charge in [0.2, 0.25) is 0 Å². The number of allylic oxidation sites excluding steroid dienone is 4. The number of fused-ring (bicyclic) bond motifs is 5. The standard InChI is InChI=1S/C60H41N3/c1-3-12-39(13-4-1)42-22-29-45(30-23-42)58-61-59(46-31-24-43(25-32-46)40-14-5-2-6-15-40)63-60(62-58)47-33-27-44(28-34-47)54-38-56-55(53-20-10-9-19-52(53)54)37-50-18-11-21-51(57(50)56)49-35-26-41-16-7-8-17-48(41)36-49/h1-10,12-17,19-36,38H,11,18,37H2. The Morgan fingerprint density at radius 3 is 1.38 bits per heavy atom. The van der Waals surface area contributed by atoms with E-state index in [9.17, 15) is 0 Å². The fraction of sp³-hybridized carbons (Fsp3) is 0.0500. The van der Waals surface area contributed by atoms with Crippen molar-refractivity contribution >= 4 is 32.7 Å². The zero-order chi connectivity index (χ0) is 41.7. The molecule has 2 aliphatic rings. The van der Waals surface area contributed by atoms with E-state index in [0.717, 1.165) is 47.1 Å². The van der Waals surface area contributed by atoms with Crippen molar-refractivity contribution < 1.29 is 0 Å². The predicted molar refractivity (Wildman–Crippen MR) is 262 cm³/mol. The number of aromatic nitrogens is 3. The first-order chi connectivity index (χ1) is 31.2. The van der Waals surface area contributed by atoms with Gasteiger partial charge in [-0.05, 0) is 114 Å². The van der Waals surface area contributed by atoms with Crippen LogP contribution < -0.4 is 0 Å². The van der Waals surface area contributed by atoms with Gasteiger partial charge in [-0.1, -0.05) is 206 Å². The molecule has 0 bridgehead atoms. The smallest absolute Gasteiger partial charge is 0.164 e. The fourth-order valence-electron chi connectivity index (χ4n) is 9.69. The highest BCUT2D eigenvalue weighted by molar-refractivity contribution is 6.14. The van der Waals surface area contributed by atoms with Crippen LogP contribution in [0.1, 0.15) is 29.5 Å². The lowest BCUT2D eigenvalue weighted by Crippen LogP contribution is -2.00. The summed E-state index contributed by atoms with van der Waals surface area (Å²) >= 11 is 0. The average Bonchev–Trinajstić information content (AvgIpc) is 3.76. The second kappa shape index (κ2) is 15.5. The molecule has 63 heavy (non-hydrogen) atoms. The Balaban J connectivity index is 0.935. The van der Waals surface area contributed by atoms with E-state index in [4.69, 9.17) is 15.0 Å². The first-order valence-electron chi connectivity index (χ1n) is 21.9. The van der Waals surface area contributed by atoms with Gasteiger partial charge < -0.3 is 0 Å². The second-order valence-electron chi connectivity index (χ2n) is 16.6. The van der Waals surface area contributed by atoms with Crippen LogP contribution in [0.2, 0.25) is 0 Å². The lowest BCUT2D eigenvalue weighted by Gasteiger charge is -2.20. The Morgan fingerprint density at radius 1 is 0.333 bits per heavy atom. The molecule has 10 aromatic rings. The van der Waals surface area contributed by atoms with Crippen LogP contribution in [0.15, 0.2) is 218 Å². The first-order valence-corrected chi connectivity index (χ1v) is 21.9. The van der Waals surface area contributed by atoms with Crippen LogP contribution in [-0.4, -0.2) is 15.0 Å². The highest BCUT2D eigenvalue weighted by Gasteiger charge is 2.29. The number of hydrogen-bond acceptors (Lipinski definition) is 3. The third-order valence-corrected chi connectivity index (χ3v) is 12.9. The molecule has 3 nitrogen and oxygen atoms in total. The summed E-state index contributed by atoms with van der Waals surface area (Å²) < 4.78 is 0. The Bertz CT molecular complexity index is 3320. The van der Waals surface area contributed by atoms with Crippen molar-refractivity contribution in [1.82, 2.24) is 15.0 Å². The molecule has 0 aliphatic heterocycles. The summed E-state index contributed by atoms with van der Waals surface area (Å²) in [4.78, 5) is 15.3. The van der Waals surface area contributed by atoms with Gasteiger partial charge in [-0.15, -0.1) is 0 Å². The maximum absolute atomic E-state index is 5.13. The van der Waals surface area contributed by atoms with Crippen LogP contribution in [0, 0.1) is 0 Å². The molecule has 9 aromatic carbocycles. The topological polar surface area (TPSA) is 38.7 Å². The molecule has 2 aliphatic carbocycles. The molecule has 0 atom stereocenters. The molecule has 0 saturated carbocycles. The van der Waals surface area contributed by atoms with Gasteiger partial charge in [0, 0.05) is 16.7 Å². The normalized spacial score (nSPS) is 13.2. The van der Waals surface area contributed by atoms with Gasteiger partial charge in [0.05, 0.1) is 0 Å². The summed E-state index contributed by atoms with van der Waals surface area (Å²) in [5.41, 5.74) is 18.3. The molecule has 1 heterocycles. The SMILES string of the molecule is C1=C(c2ccc3ccccc3c2)C2=C(CC1)Cc1c2cc(-c2ccc(-c3nc(-c4ccc(-c5ccccc5)cc4)nc(-c4ccc(-c5ccccc5)cc4)n3)cc2)c2ccccc12. The monoisotopic (exact) mass is 803 g/mol. The van der Waals surface area contributed by atoms with E-state index in [0.29, 0.717) is 17.5 Å². The lowest BCUT2D eigenvalue weighted by molar-refractivity contribution is 0.940. The van der Waals surface area contributed by atoms with E-state index < -0.39 is 0 Å². The minimum atomic E-state index is 0.641. The quantitative estimate of drug-likeness (QED) is 0.161. The van der Waals surface area contributed by atoms with Crippen LogP contribution in [0.25, 0.3) is 100 Å². The maximum Gasteiger partial charge on any atom is 0.164 e. The van der Waals surface area contributed by atoms with Crippen molar-refractivity contribution in [3.8, 4) is 67.5 Å². The largest absolute Gasteiger partial charge is 0.208 e. The third kappa shape index (κ3) is 6.75. The molecule has 0 saturated heterocycles. The molecule has 0 unspecified atom stereocenters. The maximum atomic E-state index is 5.13. The molecule has 0 spiro atoms. The Kier molecular flexibility index (Phi) is 9.04. The zero-order valence-electron chi connectivity index (χ0n) is 34.7. The Labute approximate surface area is 367 Å². The van der Waals surface area contributed by atoms with Crippen LogP contribution >= 0.6 is 0 Å². The van der Waals surface area contributed by atoms with Crippen LogP contribution in [0.5, 0.6) is 0 Å². The second-order valence-corrected chi connectivity index (χ2v) is 16.6. The van der Waals surface area contributed by atoms with Gasteiger partial charge in [-0.3, -0.25) is 0 Å². The predicted octanol–water partition coefficient (Wildman–Crippen LogP) is 15.4. The lowest BCUT2D eigenvalue weighted by atomic mass is 9.84. The molecule has 296 valence electrons. The number of rotatable bonds is 7. The summed E-state index contributed by atoms with van der Waals surface area (Å²) in [5.74, 6) is 1.92. The van der Waals surface area contributed by atoms with E-state index in [-0.39, 0.29) is 0 Å². The minimum absolute atomic E-state index is 0.641. The third-order valence-electron chi connectivity index (χ3n) is 12.9. The Morgan fingerprint density at radius 2 is 0.794 bits per heavy atom. The van der Waals surface area contributed by atoms with Gasteiger partial charge >= 0.3 is 0 Å². The van der Waals surface area contributed by atoms with Crippen molar-refractivity contribution in [2.24, 2.45) is 0 Å². The summed E-state index contributed by atoms with van der Waals surface area (Å²) in [6.45, 7) is 0. The molecule has 1 aromatic heterocycles. The van der Waals surface area contributed by atoms with E-state index in [1.54, 1.807) is 5.57 Å². The fourth-order valence-corrected chi connectivity index (χ4v) is 9.69. The average molecular weight is 804 g/mol. The number of hydrogen-bond donors (Lipinski definition) is 0. The molecule has 0 N–H and O–H groups in total. The van der Waals surface area contributed by atoms with Crippen molar-refractivity contribution in [3.05, 3.63) is 235 Å². The van der Waals surface area contributed by atoms with Crippen molar-refractivity contribution in [1.29, 1.82) is 0 Å². The molecule has 3 heteroatoms. The van der Waals surface area contributed by atoms with E-state index in [1.807, 2.05) is 12.1 Å². The summed E-state index contributed by atoms with van der Waals surface area (Å²) in [5, 5.41) is 5.17. The van der Waals surface area contributed by atoms with Crippen molar-refractivity contribution in [2.75, 3.05) is 0 Å². The first kappa shape index (κ1) is 36.8. The molecule has 12 rings (SSSR count). The summed E-state index contributed by atoms with van der Waals surface area (Å²) in [6, 6.07) is 73.8. The van der Waals surface area contributed by atoms with E-state index in [2.05, 4.69) is 200 Å². The van der Waals surface area contributed by atoms with Gasteiger partial charge in [-0.25, -0.2) is 15.0 Å². The van der Waals surface area contributed by atoms with Crippen LogP contribution in [-0.2, 0) is 6.42 Å².